The molecule has 1 aliphatic carbocycles. The third-order valence-electron chi connectivity index (χ3n) is 4.84. The minimum atomic E-state index is 0.686. The van der Waals surface area contributed by atoms with Gasteiger partial charge in [-0.3, -0.25) is 4.90 Å². The molecule has 1 saturated carbocycles. The van der Waals surface area contributed by atoms with Crippen LogP contribution in [0.5, 0.6) is 0 Å². The number of likely N-dealkylation sites (N-methyl/N-ethyl adjacent to an activating group) is 1. The molecule has 0 aromatic carbocycles. The van der Waals surface area contributed by atoms with Crippen molar-refractivity contribution in [1.29, 1.82) is 0 Å². The van der Waals surface area contributed by atoms with Crippen molar-refractivity contribution in [3.63, 3.8) is 0 Å². The summed E-state index contributed by atoms with van der Waals surface area (Å²) >= 11 is 0. The lowest BCUT2D eigenvalue weighted by atomic mass is 9.77. The summed E-state index contributed by atoms with van der Waals surface area (Å²) in [4.78, 5) is 2.60. The van der Waals surface area contributed by atoms with E-state index in [1.165, 1.54) is 51.6 Å². The molecule has 0 radical (unpaired) electrons. The molecule has 0 aromatic heterocycles. The third-order valence-corrected chi connectivity index (χ3v) is 4.84. The van der Waals surface area contributed by atoms with Crippen molar-refractivity contribution in [2.45, 2.75) is 77.4 Å². The van der Waals surface area contributed by atoms with Gasteiger partial charge in [0.1, 0.15) is 0 Å². The summed E-state index contributed by atoms with van der Waals surface area (Å²) in [6.07, 6.45) is 8.69. The van der Waals surface area contributed by atoms with Crippen molar-refractivity contribution < 1.29 is 0 Å². The van der Waals surface area contributed by atoms with E-state index in [9.17, 15) is 0 Å². The first-order chi connectivity index (χ1) is 8.20. The fourth-order valence-electron chi connectivity index (χ4n) is 3.71. The van der Waals surface area contributed by atoms with Crippen LogP contribution in [0.3, 0.4) is 0 Å². The maximum Gasteiger partial charge on any atom is 0.0197 e. The molecule has 1 aliphatic heterocycles. The van der Waals surface area contributed by atoms with Gasteiger partial charge in [0.15, 0.2) is 0 Å². The van der Waals surface area contributed by atoms with Crippen LogP contribution in [0.4, 0.5) is 0 Å². The van der Waals surface area contributed by atoms with E-state index < -0.39 is 0 Å². The van der Waals surface area contributed by atoms with Gasteiger partial charge in [-0.1, -0.05) is 19.8 Å². The third kappa shape index (κ3) is 3.45. The summed E-state index contributed by atoms with van der Waals surface area (Å²) in [5, 5.41) is 3.93. The van der Waals surface area contributed by atoms with Gasteiger partial charge in [0, 0.05) is 24.7 Å². The minimum Gasteiger partial charge on any atom is -0.310 e. The zero-order valence-corrected chi connectivity index (χ0v) is 11.9. The van der Waals surface area contributed by atoms with Gasteiger partial charge >= 0.3 is 0 Å². The molecule has 2 rings (SSSR count). The second kappa shape index (κ2) is 6.19. The Morgan fingerprint density at radius 2 is 1.88 bits per heavy atom. The van der Waals surface area contributed by atoms with Crippen LogP contribution in [0, 0.1) is 5.92 Å². The second-order valence-corrected chi connectivity index (χ2v) is 6.27. The number of piperidine rings is 1. The van der Waals surface area contributed by atoms with Gasteiger partial charge in [0.05, 0.1) is 0 Å². The average Bonchev–Trinajstić information content (AvgIpc) is 2.35. The van der Waals surface area contributed by atoms with Crippen LogP contribution in [0.2, 0.25) is 0 Å². The summed E-state index contributed by atoms with van der Waals surface area (Å²) < 4.78 is 0. The quantitative estimate of drug-likeness (QED) is 0.810. The molecule has 1 saturated heterocycles. The molecule has 3 atom stereocenters. The molecule has 3 unspecified atom stereocenters. The van der Waals surface area contributed by atoms with E-state index in [0.717, 1.165) is 18.0 Å². The fourth-order valence-corrected chi connectivity index (χ4v) is 3.71. The highest BCUT2D eigenvalue weighted by Gasteiger charge is 2.32. The van der Waals surface area contributed by atoms with Gasteiger partial charge in [-0.15, -0.1) is 0 Å². The maximum absolute atomic E-state index is 3.93. The number of hydrogen-bond acceptors (Lipinski definition) is 2. The fraction of sp³-hybridized carbons (Fsp3) is 1.00. The molecule has 100 valence electrons. The first-order valence-corrected chi connectivity index (χ1v) is 7.70. The van der Waals surface area contributed by atoms with Crippen LogP contribution >= 0.6 is 0 Å². The van der Waals surface area contributed by atoms with E-state index in [4.69, 9.17) is 0 Å². The van der Waals surface area contributed by atoms with Gasteiger partial charge in [0.2, 0.25) is 0 Å². The van der Waals surface area contributed by atoms with Crippen LogP contribution < -0.4 is 5.32 Å². The smallest absolute Gasteiger partial charge is 0.0197 e. The van der Waals surface area contributed by atoms with Crippen molar-refractivity contribution in [2.24, 2.45) is 5.92 Å². The van der Waals surface area contributed by atoms with E-state index in [2.05, 4.69) is 31.0 Å². The summed E-state index contributed by atoms with van der Waals surface area (Å²) in [6, 6.07) is 2.27. The summed E-state index contributed by atoms with van der Waals surface area (Å²) in [6.45, 7) is 9.35. The van der Waals surface area contributed by atoms with E-state index in [1.54, 1.807) is 0 Å². The molecule has 2 heteroatoms. The molecule has 2 aliphatic rings. The highest BCUT2D eigenvalue weighted by Crippen LogP contribution is 2.32. The number of hydrogen-bond donors (Lipinski definition) is 1. The molecular formula is C15H30N2. The van der Waals surface area contributed by atoms with Crippen molar-refractivity contribution in [3.05, 3.63) is 0 Å². The zero-order chi connectivity index (χ0) is 12.3. The lowest BCUT2D eigenvalue weighted by Gasteiger charge is -2.42. The minimum absolute atomic E-state index is 0.686. The van der Waals surface area contributed by atoms with Gasteiger partial charge in [-0.05, 0) is 52.0 Å². The lowest BCUT2D eigenvalue weighted by molar-refractivity contribution is 0.133. The first kappa shape index (κ1) is 13.4. The Morgan fingerprint density at radius 3 is 2.59 bits per heavy atom. The first-order valence-electron chi connectivity index (χ1n) is 7.70. The Balaban J connectivity index is 1.82. The Morgan fingerprint density at radius 1 is 1.12 bits per heavy atom. The van der Waals surface area contributed by atoms with E-state index in [0.29, 0.717) is 6.04 Å². The Bertz CT molecular complexity index is 227. The second-order valence-electron chi connectivity index (χ2n) is 6.27. The molecule has 0 spiro atoms. The Labute approximate surface area is 107 Å². The predicted octanol–water partition coefficient (Wildman–Crippen LogP) is 3.03. The topological polar surface area (TPSA) is 15.3 Å². The highest BCUT2D eigenvalue weighted by atomic mass is 15.2. The molecule has 0 amide bonds. The molecule has 17 heavy (non-hydrogen) atoms. The van der Waals surface area contributed by atoms with E-state index in [1.807, 2.05) is 0 Å². The number of fused-ring (bicyclic) bond motifs is 1. The molecule has 2 nitrogen and oxygen atoms in total. The SMILES string of the molecule is CCN(CC1CCC2CCCCC2N1)C(C)C. The summed E-state index contributed by atoms with van der Waals surface area (Å²) in [7, 11) is 0. The number of rotatable bonds is 4. The normalized spacial score (nSPS) is 34.1. The maximum atomic E-state index is 3.93. The van der Waals surface area contributed by atoms with Gasteiger partial charge in [-0.2, -0.15) is 0 Å². The largest absolute Gasteiger partial charge is 0.310 e. The highest BCUT2D eigenvalue weighted by molar-refractivity contribution is 4.90. The molecule has 1 N–H and O–H groups in total. The monoisotopic (exact) mass is 238 g/mol. The molecular weight excluding hydrogens is 208 g/mol. The standard InChI is InChI=1S/C15H30N2/c1-4-17(12(2)3)11-14-10-9-13-7-5-6-8-15(13)16-14/h12-16H,4-11H2,1-3H3. The van der Waals surface area contributed by atoms with Gasteiger partial charge in [-0.25, -0.2) is 0 Å². The van der Waals surface area contributed by atoms with Crippen LogP contribution in [0.15, 0.2) is 0 Å². The molecule has 2 fully saturated rings. The average molecular weight is 238 g/mol. The molecule has 0 aromatic rings. The lowest BCUT2D eigenvalue weighted by Crippen LogP contribution is -2.53. The van der Waals surface area contributed by atoms with Crippen molar-refractivity contribution in [2.75, 3.05) is 13.1 Å². The van der Waals surface area contributed by atoms with Crippen LogP contribution in [0.25, 0.3) is 0 Å². The predicted molar refractivity (Wildman–Crippen MR) is 74.3 cm³/mol. The van der Waals surface area contributed by atoms with Crippen molar-refractivity contribution in [3.8, 4) is 0 Å². The van der Waals surface area contributed by atoms with Crippen LogP contribution in [0.1, 0.15) is 59.3 Å². The van der Waals surface area contributed by atoms with Gasteiger partial charge in [0.25, 0.3) is 0 Å². The summed E-state index contributed by atoms with van der Waals surface area (Å²) in [5.41, 5.74) is 0. The van der Waals surface area contributed by atoms with Crippen molar-refractivity contribution >= 4 is 0 Å². The van der Waals surface area contributed by atoms with Crippen LogP contribution in [-0.2, 0) is 0 Å². The Hall–Kier alpha value is -0.0800. The molecule has 0 bridgehead atoms. The van der Waals surface area contributed by atoms with E-state index in [-0.39, 0.29) is 0 Å². The summed E-state index contributed by atoms with van der Waals surface area (Å²) in [5.74, 6) is 0.995. The zero-order valence-electron chi connectivity index (χ0n) is 11.9. The number of nitrogens with one attached hydrogen (secondary N) is 1. The van der Waals surface area contributed by atoms with Crippen LogP contribution in [-0.4, -0.2) is 36.1 Å². The van der Waals surface area contributed by atoms with Crippen molar-refractivity contribution in [1.82, 2.24) is 10.2 Å². The van der Waals surface area contributed by atoms with E-state index >= 15 is 0 Å². The number of nitrogens with zero attached hydrogens (tertiary/aromatic N) is 1. The van der Waals surface area contributed by atoms with Gasteiger partial charge < -0.3 is 5.32 Å². The Kier molecular flexibility index (Phi) is 4.87. The molecule has 1 heterocycles.